The number of nitrogens with two attached hydrogens (primary N) is 1. The number of rotatable bonds is 3. The average Bonchev–Trinajstić information content (AvgIpc) is 2.29. The van der Waals surface area contributed by atoms with Gasteiger partial charge in [-0.3, -0.25) is 0 Å². The van der Waals surface area contributed by atoms with E-state index in [2.05, 4.69) is 0 Å². The molecular weight excluding hydrogens is 210 g/mol. The van der Waals surface area contributed by atoms with E-state index in [1.54, 1.807) is 4.90 Å². The van der Waals surface area contributed by atoms with Crippen molar-refractivity contribution in [2.45, 2.75) is 18.8 Å². The summed E-state index contributed by atoms with van der Waals surface area (Å²) in [5.41, 5.74) is 7.15. The van der Waals surface area contributed by atoms with Gasteiger partial charge in [-0.05, 0) is 24.5 Å². The minimum absolute atomic E-state index is 0.277. The van der Waals surface area contributed by atoms with E-state index in [1.807, 2.05) is 24.3 Å². The molecule has 1 aromatic rings. The Bertz CT molecular complexity index is 366. The van der Waals surface area contributed by atoms with Crippen molar-refractivity contribution in [3.63, 3.8) is 0 Å². The van der Waals surface area contributed by atoms with Gasteiger partial charge in [0.25, 0.3) is 5.92 Å². The lowest BCUT2D eigenvalue weighted by Crippen LogP contribution is -2.43. The standard InChI is InChI=1S/C12H16F2N2/c13-12(14,8-15)9-16-7-3-5-10-4-1-2-6-11(10)16/h1-2,4,6H,3,5,7-9,15H2. The molecule has 0 atom stereocenters. The number of nitrogens with zero attached hydrogens (tertiary/aromatic N) is 1. The molecule has 0 radical (unpaired) electrons. The van der Waals surface area contributed by atoms with E-state index in [1.165, 1.54) is 0 Å². The summed E-state index contributed by atoms with van der Waals surface area (Å²) in [6.07, 6.45) is 1.90. The second kappa shape index (κ2) is 4.37. The van der Waals surface area contributed by atoms with Crippen LogP contribution in [0.25, 0.3) is 0 Å². The number of alkyl halides is 2. The molecule has 0 saturated carbocycles. The molecule has 1 heterocycles. The van der Waals surface area contributed by atoms with Gasteiger partial charge in [-0.15, -0.1) is 0 Å². The Hall–Kier alpha value is -1.16. The summed E-state index contributed by atoms with van der Waals surface area (Å²) in [5, 5.41) is 0. The molecule has 0 spiro atoms. The highest BCUT2D eigenvalue weighted by Gasteiger charge is 2.31. The minimum atomic E-state index is -2.80. The fourth-order valence-corrected chi connectivity index (χ4v) is 2.12. The maximum absolute atomic E-state index is 13.3. The van der Waals surface area contributed by atoms with E-state index in [0.717, 1.165) is 24.1 Å². The maximum atomic E-state index is 13.3. The molecule has 0 unspecified atom stereocenters. The van der Waals surface area contributed by atoms with Crippen LogP contribution in [0.4, 0.5) is 14.5 Å². The van der Waals surface area contributed by atoms with Crippen molar-refractivity contribution in [1.29, 1.82) is 0 Å². The van der Waals surface area contributed by atoms with Crippen molar-refractivity contribution in [1.82, 2.24) is 0 Å². The molecule has 0 aliphatic carbocycles. The molecule has 0 aromatic heterocycles. The van der Waals surface area contributed by atoms with Crippen LogP contribution >= 0.6 is 0 Å². The third-order valence-corrected chi connectivity index (χ3v) is 2.93. The number of hydrogen-bond donors (Lipinski definition) is 1. The van der Waals surface area contributed by atoms with E-state index in [-0.39, 0.29) is 6.54 Å². The van der Waals surface area contributed by atoms with Gasteiger partial charge in [0.05, 0.1) is 13.1 Å². The SMILES string of the molecule is NCC(F)(F)CN1CCCc2ccccc21. The third kappa shape index (κ3) is 2.32. The first-order valence-electron chi connectivity index (χ1n) is 5.53. The fraction of sp³-hybridized carbons (Fsp3) is 0.500. The van der Waals surface area contributed by atoms with Gasteiger partial charge in [-0.2, -0.15) is 0 Å². The van der Waals surface area contributed by atoms with Gasteiger partial charge in [0.15, 0.2) is 0 Å². The van der Waals surface area contributed by atoms with Crippen molar-refractivity contribution >= 4 is 5.69 Å². The number of hydrogen-bond acceptors (Lipinski definition) is 2. The first-order valence-corrected chi connectivity index (χ1v) is 5.53. The normalized spacial score (nSPS) is 16.1. The second-order valence-corrected chi connectivity index (χ2v) is 4.21. The number of halogens is 2. The van der Waals surface area contributed by atoms with Crippen molar-refractivity contribution in [3.05, 3.63) is 29.8 Å². The number of para-hydroxylation sites is 1. The van der Waals surface area contributed by atoms with E-state index in [9.17, 15) is 8.78 Å². The summed E-state index contributed by atoms with van der Waals surface area (Å²) >= 11 is 0. The zero-order valence-corrected chi connectivity index (χ0v) is 9.13. The van der Waals surface area contributed by atoms with Crippen molar-refractivity contribution < 1.29 is 8.78 Å². The van der Waals surface area contributed by atoms with Crippen LogP contribution < -0.4 is 10.6 Å². The molecule has 0 bridgehead atoms. The maximum Gasteiger partial charge on any atom is 0.277 e. The predicted octanol–water partition coefficient (Wildman–Crippen LogP) is 2.03. The Kier molecular flexibility index (Phi) is 3.10. The first-order chi connectivity index (χ1) is 7.62. The molecule has 1 aliphatic rings. The lowest BCUT2D eigenvalue weighted by Gasteiger charge is -2.33. The highest BCUT2D eigenvalue weighted by Crippen LogP contribution is 2.28. The van der Waals surface area contributed by atoms with Crippen LogP contribution in [0.2, 0.25) is 0 Å². The molecule has 88 valence electrons. The summed E-state index contributed by atoms with van der Waals surface area (Å²) in [7, 11) is 0. The molecule has 16 heavy (non-hydrogen) atoms. The highest BCUT2D eigenvalue weighted by molar-refractivity contribution is 5.55. The van der Waals surface area contributed by atoms with Crippen molar-refractivity contribution in [2.24, 2.45) is 5.73 Å². The molecule has 0 fully saturated rings. The Balaban J connectivity index is 2.19. The monoisotopic (exact) mass is 226 g/mol. The molecule has 4 heteroatoms. The van der Waals surface area contributed by atoms with Crippen molar-refractivity contribution in [3.8, 4) is 0 Å². The summed E-state index contributed by atoms with van der Waals surface area (Å²) in [6, 6.07) is 7.74. The quantitative estimate of drug-likeness (QED) is 0.854. The first kappa shape index (κ1) is 11.3. The number of fused-ring (bicyclic) bond motifs is 1. The number of benzene rings is 1. The Morgan fingerprint density at radius 2 is 2.06 bits per heavy atom. The van der Waals surface area contributed by atoms with E-state index in [4.69, 9.17) is 5.73 Å². The van der Waals surface area contributed by atoms with Crippen LogP contribution in [0.1, 0.15) is 12.0 Å². The van der Waals surface area contributed by atoms with Gasteiger partial charge >= 0.3 is 0 Å². The predicted molar refractivity (Wildman–Crippen MR) is 61.0 cm³/mol. The van der Waals surface area contributed by atoms with E-state index in [0.29, 0.717) is 6.54 Å². The zero-order chi connectivity index (χ0) is 11.6. The van der Waals surface area contributed by atoms with Gasteiger partial charge in [0.1, 0.15) is 0 Å². The fourth-order valence-electron chi connectivity index (χ4n) is 2.12. The summed E-state index contributed by atoms with van der Waals surface area (Å²) < 4.78 is 26.5. The van der Waals surface area contributed by atoms with Gasteiger partial charge < -0.3 is 10.6 Å². The molecule has 1 aliphatic heterocycles. The van der Waals surface area contributed by atoms with Gasteiger partial charge in [-0.1, -0.05) is 18.2 Å². The zero-order valence-electron chi connectivity index (χ0n) is 9.13. The van der Waals surface area contributed by atoms with E-state index < -0.39 is 12.5 Å². The lowest BCUT2D eigenvalue weighted by molar-refractivity contribution is 0.0185. The number of anilines is 1. The van der Waals surface area contributed by atoms with Crippen LogP contribution in [0, 0.1) is 0 Å². The van der Waals surface area contributed by atoms with Crippen LogP contribution in [0.15, 0.2) is 24.3 Å². The summed E-state index contributed by atoms with van der Waals surface area (Å²) in [4.78, 5) is 1.74. The van der Waals surface area contributed by atoms with Crippen molar-refractivity contribution in [2.75, 3.05) is 24.5 Å². The average molecular weight is 226 g/mol. The second-order valence-electron chi connectivity index (χ2n) is 4.21. The Morgan fingerprint density at radius 3 is 2.81 bits per heavy atom. The molecule has 2 nitrogen and oxygen atoms in total. The molecule has 2 rings (SSSR count). The number of aryl methyl sites for hydroxylation is 1. The molecule has 2 N–H and O–H groups in total. The lowest BCUT2D eigenvalue weighted by atomic mass is 10.0. The van der Waals surface area contributed by atoms with Crippen LogP contribution in [-0.2, 0) is 6.42 Å². The Labute approximate surface area is 94.0 Å². The molecule has 0 amide bonds. The smallest absolute Gasteiger partial charge is 0.277 e. The van der Waals surface area contributed by atoms with Crippen LogP contribution in [-0.4, -0.2) is 25.6 Å². The Morgan fingerprint density at radius 1 is 1.31 bits per heavy atom. The largest absolute Gasteiger partial charge is 0.365 e. The molecule has 0 saturated heterocycles. The van der Waals surface area contributed by atoms with Crippen LogP contribution in [0.5, 0.6) is 0 Å². The van der Waals surface area contributed by atoms with E-state index >= 15 is 0 Å². The summed E-state index contributed by atoms with van der Waals surface area (Å²) in [6.45, 7) is -0.182. The van der Waals surface area contributed by atoms with Gasteiger partial charge in [0, 0.05) is 12.2 Å². The topological polar surface area (TPSA) is 29.3 Å². The van der Waals surface area contributed by atoms with Crippen LogP contribution in [0.3, 0.4) is 0 Å². The summed E-state index contributed by atoms with van der Waals surface area (Å²) in [5.74, 6) is -2.80. The molecule has 1 aromatic carbocycles. The highest BCUT2D eigenvalue weighted by atomic mass is 19.3. The van der Waals surface area contributed by atoms with Gasteiger partial charge in [-0.25, -0.2) is 8.78 Å². The third-order valence-electron chi connectivity index (χ3n) is 2.93. The van der Waals surface area contributed by atoms with Gasteiger partial charge in [0.2, 0.25) is 0 Å². The minimum Gasteiger partial charge on any atom is -0.365 e. The molecular formula is C12H16F2N2.